The van der Waals surface area contributed by atoms with E-state index < -0.39 is 10.8 Å². The van der Waals surface area contributed by atoms with Crippen LogP contribution in [0.1, 0.15) is 20.8 Å². The Bertz CT molecular complexity index is 244. The standard InChI is InChI=1S/C8H12OS2/c1-8(2,3)11(9)7-5-4-6-10-7/h4-6H,1-3H3/t11-/m0/s1. The zero-order valence-electron chi connectivity index (χ0n) is 6.96. The fourth-order valence-electron chi connectivity index (χ4n) is 0.671. The van der Waals surface area contributed by atoms with Crippen LogP contribution in [0, 0.1) is 0 Å². The Balaban J connectivity index is 2.88. The Morgan fingerprint density at radius 2 is 2.09 bits per heavy atom. The molecule has 0 aliphatic heterocycles. The molecule has 0 spiro atoms. The van der Waals surface area contributed by atoms with Crippen LogP contribution in [0.3, 0.4) is 0 Å². The Hall–Kier alpha value is -0.150. The minimum atomic E-state index is -0.851. The van der Waals surface area contributed by atoms with Crippen LogP contribution in [0.2, 0.25) is 0 Å². The normalized spacial score (nSPS) is 14.8. The largest absolute Gasteiger partial charge is 0.253 e. The summed E-state index contributed by atoms with van der Waals surface area (Å²) in [5.74, 6) is 0. The van der Waals surface area contributed by atoms with Crippen LogP contribution >= 0.6 is 11.3 Å². The van der Waals surface area contributed by atoms with Crippen LogP contribution in [-0.4, -0.2) is 8.96 Å². The highest BCUT2D eigenvalue weighted by molar-refractivity contribution is 7.88. The lowest BCUT2D eigenvalue weighted by atomic mass is 10.3. The second-order valence-electron chi connectivity index (χ2n) is 3.31. The van der Waals surface area contributed by atoms with Crippen molar-refractivity contribution in [1.82, 2.24) is 0 Å². The molecular weight excluding hydrogens is 176 g/mol. The third kappa shape index (κ3) is 2.14. The molecule has 1 aromatic rings. The molecule has 1 heterocycles. The van der Waals surface area contributed by atoms with Crippen molar-refractivity contribution in [3.8, 4) is 0 Å². The first-order valence-electron chi connectivity index (χ1n) is 3.47. The lowest BCUT2D eigenvalue weighted by Crippen LogP contribution is -2.20. The molecule has 1 atom stereocenters. The molecule has 0 radical (unpaired) electrons. The molecule has 0 N–H and O–H groups in total. The zero-order valence-corrected chi connectivity index (χ0v) is 8.59. The highest BCUT2D eigenvalue weighted by Crippen LogP contribution is 2.23. The first-order valence-corrected chi connectivity index (χ1v) is 5.50. The Morgan fingerprint density at radius 3 is 2.45 bits per heavy atom. The topological polar surface area (TPSA) is 17.1 Å². The van der Waals surface area contributed by atoms with Gasteiger partial charge < -0.3 is 0 Å². The van der Waals surface area contributed by atoms with E-state index in [-0.39, 0.29) is 4.75 Å². The number of thiophene rings is 1. The van der Waals surface area contributed by atoms with E-state index in [0.29, 0.717) is 0 Å². The zero-order chi connectivity index (χ0) is 8.48. The predicted molar refractivity (Wildman–Crippen MR) is 50.5 cm³/mol. The number of hydrogen-bond acceptors (Lipinski definition) is 2. The van der Waals surface area contributed by atoms with Crippen LogP contribution in [0.15, 0.2) is 21.7 Å². The van der Waals surface area contributed by atoms with Crippen molar-refractivity contribution in [2.24, 2.45) is 0 Å². The minimum Gasteiger partial charge on any atom is -0.253 e. The molecule has 11 heavy (non-hydrogen) atoms. The van der Waals surface area contributed by atoms with E-state index in [0.717, 1.165) is 4.21 Å². The van der Waals surface area contributed by atoms with Gasteiger partial charge in [0.15, 0.2) is 0 Å². The van der Waals surface area contributed by atoms with Gasteiger partial charge in [-0.05, 0) is 32.2 Å². The first kappa shape index (κ1) is 8.94. The summed E-state index contributed by atoms with van der Waals surface area (Å²) in [5.41, 5.74) is 0. The van der Waals surface area contributed by atoms with Crippen molar-refractivity contribution in [2.45, 2.75) is 29.7 Å². The van der Waals surface area contributed by atoms with E-state index in [1.807, 2.05) is 38.3 Å². The van der Waals surface area contributed by atoms with Gasteiger partial charge >= 0.3 is 0 Å². The lowest BCUT2D eigenvalue weighted by Gasteiger charge is -2.15. The number of hydrogen-bond donors (Lipinski definition) is 0. The van der Waals surface area contributed by atoms with E-state index in [1.54, 1.807) is 11.3 Å². The van der Waals surface area contributed by atoms with Crippen LogP contribution in [0.4, 0.5) is 0 Å². The van der Waals surface area contributed by atoms with Gasteiger partial charge in [0.1, 0.15) is 0 Å². The molecule has 1 nitrogen and oxygen atoms in total. The summed E-state index contributed by atoms with van der Waals surface area (Å²) in [5, 5.41) is 1.96. The SMILES string of the molecule is CC(C)(C)[S@@](=O)c1cccs1. The lowest BCUT2D eigenvalue weighted by molar-refractivity contribution is 0.650. The molecule has 0 aliphatic rings. The van der Waals surface area contributed by atoms with Gasteiger partial charge in [0, 0.05) is 4.75 Å². The van der Waals surface area contributed by atoms with Gasteiger partial charge in [-0.25, -0.2) is 0 Å². The maximum Gasteiger partial charge on any atom is 0.0915 e. The smallest absolute Gasteiger partial charge is 0.0915 e. The van der Waals surface area contributed by atoms with Crippen molar-refractivity contribution >= 4 is 22.1 Å². The molecule has 0 unspecified atom stereocenters. The predicted octanol–water partition coefficient (Wildman–Crippen LogP) is 2.65. The van der Waals surface area contributed by atoms with Gasteiger partial charge in [-0.2, -0.15) is 0 Å². The van der Waals surface area contributed by atoms with Gasteiger partial charge in [-0.1, -0.05) is 6.07 Å². The highest BCUT2D eigenvalue weighted by atomic mass is 32.2. The maximum absolute atomic E-state index is 11.6. The van der Waals surface area contributed by atoms with Crippen LogP contribution in [0.5, 0.6) is 0 Å². The van der Waals surface area contributed by atoms with E-state index in [2.05, 4.69) is 0 Å². The Morgan fingerprint density at radius 1 is 1.45 bits per heavy atom. The quantitative estimate of drug-likeness (QED) is 0.662. The van der Waals surface area contributed by atoms with Crippen LogP contribution < -0.4 is 0 Å². The van der Waals surface area contributed by atoms with Gasteiger partial charge in [-0.15, -0.1) is 11.3 Å². The van der Waals surface area contributed by atoms with Crippen molar-refractivity contribution in [2.75, 3.05) is 0 Å². The molecule has 1 aromatic heterocycles. The summed E-state index contributed by atoms with van der Waals surface area (Å²) in [6.45, 7) is 5.97. The summed E-state index contributed by atoms with van der Waals surface area (Å²) >= 11 is 1.56. The molecule has 62 valence electrons. The van der Waals surface area contributed by atoms with Crippen molar-refractivity contribution in [3.63, 3.8) is 0 Å². The summed E-state index contributed by atoms with van der Waals surface area (Å²) in [6, 6.07) is 3.86. The van der Waals surface area contributed by atoms with Gasteiger partial charge in [-0.3, -0.25) is 4.21 Å². The second-order valence-corrected chi connectivity index (χ2v) is 6.72. The van der Waals surface area contributed by atoms with E-state index >= 15 is 0 Å². The molecule has 0 amide bonds. The first-order chi connectivity index (χ1) is 5.02. The van der Waals surface area contributed by atoms with Crippen molar-refractivity contribution in [3.05, 3.63) is 17.5 Å². The summed E-state index contributed by atoms with van der Waals surface area (Å²) in [7, 11) is -0.851. The fraction of sp³-hybridized carbons (Fsp3) is 0.500. The Kier molecular flexibility index (Phi) is 2.50. The van der Waals surface area contributed by atoms with Crippen LogP contribution in [0.25, 0.3) is 0 Å². The van der Waals surface area contributed by atoms with Gasteiger partial charge in [0.2, 0.25) is 0 Å². The summed E-state index contributed by atoms with van der Waals surface area (Å²) in [4.78, 5) is 0. The monoisotopic (exact) mass is 188 g/mol. The molecule has 0 aromatic carbocycles. The maximum atomic E-state index is 11.6. The summed E-state index contributed by atoms with van der Waals surface area (Å²) < 4.78 is 12.5. The Labute approximate surface area is 73.9 Å². The van der Waals surface area contributed by atoms with Crippen molar-refractivity contribution in [1.29, 1.82) is 0 Å². The minimum absolute atomic E-state index is 0.134. The molecule has 1 rings (SSSR count). The van der Waals surface area contributed by atoms with E-state index in [1.165, 1.54) is 0 Å². The van der Waals surface area contributed by atoms with Gasteiger partial charge in [0.05, 0.1) is 15.0 Å². The average molecular weight is 188 g/mol. The molecule has 0 fully saturated rings. The van der Waals surface area contributed by atoms with Crippen LogP contribution in [-0.2, 0) is 10.8 Å². The highest BCUT2D eigenvalue weighted by Gasteiger charge is 2.21. The van der Waals surface area contributed by atoms with E-state index in [9.17, 15) is 4.21 Å². The molecule has 0 saturated carbocycles. The molecule has 3 heteroatoms. The molecule has 0 aliphatic carbocycles. The number of rotatable bonds is 1. The third-order valence-electron chi connectivity index (χ3n) is 1.23. The molecule has 0 bridgehead atoms. The molecular formula is C8H12OS2. The average Bonchev–Trinajstić information content (AvgIpc) is 2.34. The third-order valence-corrected chi connectivity index (χ3v) is 4.25. The summed E-state index contributed by atoms with van der Waals surface area (Å²) in [6.07, 6.45) is 0. The van der Waals surface area contributed by atoms with Crippen molar-refractivity contribution < 1.29 is 4.21 Å². The van der Waals surface area contributed by atoms with Gasteiger partial charge in [0.25, 0.3) is 0 Å². The second kappa shape index (κ2) is 3.07. The fourth-order valence-corrected chi connectivity index (χ4v) is 3.19. The van der Waals surface area contributed by atoms with E-state index in [4.69, 9.17) is 0 Å². The molecule has 0 saturated heterocycles.